The van der Waals surface area contributed by atoms with Crippen molar-refractivity contribution in [3.63, 3.8) is 0 Å². The average molecular weight is 277 g/mol. The molecule has 2 aromatic heterocycles. The van der Waals surface area contributed by atoms with Crippen molar-refractivity contribution in [2.75, 3.05) is 5.73 Å². The summed E-state index contributed by atoms with van der Waals surface area (Å²) in [5, 5.41) is 9.91. The van der Waals surface area contributed by atoms with Crippen LogP contribution in [0.4, 0.5) is 5.82 Å². The molecule has 0 bridgehead atoms. The second kappa shape index (κ2) is 3.72. The van der Waals surface area contributed by atoms with Crippen LogP contribution in [0.15, 0.2) is 10.7 Å². The Morgan fingerprint density at radius 1 is 1.38 bits per heavy atom. The Labute approximate surface area is 101 Å². The molecule has 2 rings (SSSR count). The minimum atomic E-state index is 0.208. The molecule has 4 nitrogen and oxygen atoms in total. The molecule has 0 saturated carbocycles. The zero-order valence-corrected chi connectivity index (χ0v) is 10.5. The van der Waals surface area contributed by atoms with Crippen LogP contribution in [0.2, 0.25) is 0 Å². The van der Waals surface area contributed by atoms with Crippen molar-refractivity contribution in [1.82, 2.24) is 9.97 Å². The third-order valence-corrected chi connectivity index (χ3v) is 2.95. The zero-order chi connectivity index (χ0) is 11.9. The van der Waals surface area contributed by atoms with Gasteiger partial charge < -0.3 is 5.73 Å². The van der Waals surface area contributed by atoms with Crippen LogP contribution in [-0.2, 0) is 0 Å². The van der Waals surface area contributed by atoms with Crippen molar-refractivity contribution in [3.8, 4) is 6.07 Å². The average Bonchev–Trinajstić information content (AvgIpc) is 2.15. The largest absolute Gasteiger partial charge is 0.382 e. The van der Waals surface area contributed by atoms with Crippen molar-refractivity contribution in [2.45, 2.75) is 13.8 Å². The maximum Gasteiger partial charge on any atom is 0.144 e. The number of pyridine rings is 2. The second-order valence-corrected chi connectivity index (χ2v) is 4.33. The Bertz CT molecular complexity index is 620. The highest BCUT2D eigenvalue weighted by atomic mass is 79.9. The van der Waals surface area contributed by atoms with Gasteiger partial charge in [-0.3, -0.25) is 4.98 Å². The van der Waals surface area contributed by atoms with E-state index < -0.39 is 0 Å². The summed E-state index contributed by atoms with van der Waals surface area (Å²) in [6.45, 7) is 3.85. The summed E-state index contributed by atoms with van der Waals surface area (Å²) < 4.78 is 0.629. The number of fused-ring (bicyclic) bond motifs is 1. The molecule has 0 aromatic carbocycles. The Balaban J connectivity index is 3.07. The van der Waals surface area contributed by atoms with E-state index in [-0.39, 0.29) is 5.82 Å². The first-order chi connectivity index (χ1) is 7.54. The lowest BCUT2D eigenvalue weighted by molar-refractivity contribution is 1.20. The molecule has 0 amide bonds. The molecule has 0 saturated heterocycles. The maximum atomic E-state index is 9.06. The van der Waals surface area contributed by atoms with Crippen LogP contribution in [0.1, 0.15) is 16.8 Å². The molecule has 0 fully saturated rings. The quantitative estimate of drug-likeness (QED) is 0.750. The summed E-state index contributed by atoms with van der Waals surface area (Å²) in [6.07, 6.45) is 0. The summed E-state index contributed by atoms with van der Waals surface area (Å²) in [4.78, 5) is 8.45. The van der Waals surface area contributed by atoms with Gasteiger partial charge in [0.05, 0.1) is 5.52 Å². The molecule has 80 valence electrons. The number of hydrogen-bond donors (Lipinski definition) is 1. The monoisotopic (exact) mass is 276 g/mol. The Hall–Kier alpha value is -1.67. The lowest BCUT2D eigenvalue weighted by Crippen LogP contribution is -2.00. The van der Waals surface area contributed by atoms with Crippen LogP contribution in [0.25, 0.3) is 10.9 Å². The molecule has 0 aliphatic rings. The molecule has 5 heteroatoms. The first-order valence-corrected chi connectivity index (χ1v) is 5.47. The van der Waals surface area contributed by atoms with E-state index in [0.717, 1.165) is 16.6 Å². The Kier molecular flexibility index (Phi) is 2.52. The molecule has 16 heavy (non-hydrogen) atoms. The normalized spacial score (nSPS) is 10.4. The highest BCUT2D eigenvalue weighted by Gasteiger charge is 2.13. The Morgan fingerprint density at radius 2 is 2.06 bits per heavy atom. The maximum absolute atomic E-state index is 9.06. The molecule has 0 spiro atoms. The van der Waals surface area contributed by atoms with Crippen LogP contribution in [-0.4, -0.2) is 9.97 Å². The first-order valence-electron chi connectivity index (χ1n) is 4.67. The van der Waals surface area contributed by atoms with Crippen molar-refractivity contribution < 1.29 is 0 Å². The van der Waals surface area contributed by atoms with Crippen LogP contribution in [0.5, 0.6) is 0 Å². The summed E-state index contributed by atoms with van der Waals surface area (Å²) >= 11 is 3.35. The predicted molar refractivity (Wildman–Crippen MR) is 65.8 cm³/mol. The highest BCUT2D eigenvalue weighted by Crippen LogP contribution is 2.29. The van der Waals surface area contributed by atoms with E-state index in [9.17, 15) is 0 Å². The van der Waals surface area contributed by atoms with Crippen molar-refractivity contribution in [1.29, 1.82) is 5.26 Å². The van der Waals surface area contributed by atoms with E-state index >= 15 is 0 Å². The number of nitrogens with zero attached hydrogens (tertiary/aromatic N) is 3. The minimum Gasteiger partial charge on any atom is -0.382 e. The summed E-state index contributed by atoms with van der Waals surface area (Å²) in [7, 11) is 0. The number of nitriles is 1. The molecular formula is C11H9BrN4. The Morgan fingerprint density at radius 3 is 2.69 bits per heavy atom. The number of rotatable bonds is 0. The SMILES string of the molecule is Cc1cc(C)c2c(Br)nc(N)c(C#N)c2n1. The number of aromatic nitrogens is 2. The molecule has 0 radical (unpaired) electrons. The number of aryl methyl sites for hydroxylation is 2. The first kappa shape index (κ1) is 10.8. The second-order valence-electron chi connectivity index (χ2n) is 3.58. The van der Waals surface area contributed by atoms with Gasteiger partial charge in [-0.05, 0) is 41.4 Å². The molecule has 0 atom stereocenters. The predicted octanol–water partition coefficient (Wildman–Crippen LogP) is 2.46. The molecule has 2 N–H and O–H groups in total. The number of anilines is 1. The topological polar surface area (TPSA) is 75.6 Å². The van der Waals surface area contributed by atoms with Gasteiger partial charge in [0.25, 0.3) is 0 Å². The molecule has 2 aromatic rings. The van der Waals surface area contributed by atoms with Crippen molar-refractivity contribution >= 4 is 32.7 Å². The van der Waals surface area contributed by atoms with E-state index in [2.05, 4.69) is 25.9 Å². The molecule has 0 unspecified atom stereocenters. The number of nitrogen functional groups attached to an aromatic ring is 1. The van der Waals surface area contributed by atoms with Gasteiger partial charge in [0.1, 0.15) is 22.1 Å². The smallest absolute Gasteiger partial charge is 0.144 e. The fraction of sp³-hybridized carbons (Fsp3) is 0.182. The van der Waals surface area contributed by atoms with Crippen LogP contribution in [0.3, 0.4) is 0 Å². The third kappa shape index (κ3) is 1.51. The standard InChI is InChI=1S/C11H9BrN4/c1-5-3-6(2)15-9-7(4-13)11(14)16-10(12)8(5)9/h3H,1-2H3,(H2,14,16). The summed E-state index contributed by atoms with van der Waals surface area (Å²) in [6, 6.07) is 4.00. The van der Waals surface area contributed by atoms with Gasteiger partial charge in [-0.15, -0.1) is 0 Å². The molecule has 2 heterocycles. The highest BCUT2D eigenvalue weighted by molar-refractivity contribution is 9.10. The van der Waals surface area contributed by atoms with Crippen LogP contribution in [0, 0.1) is 25.2 Å². The van der Waals surface area contributed by atoms with Gasteiger partial charge in [0, 0.05) is 11.1 Å². The van der Waals surface area contributed by atoms with Gasteiger partial charge >= 0.3 is 0 Å². The van der Waals surface area contributed by atoms with Crippen molar-refractivity contribution in [3.05, 3.63) is 27.5 Å². The fourth-order valence-corrected chi connectivity index (χ4v) is 2.42. The molecule has 0 aliphatic carbocycles. The van der Waals surface area contributed by atoms with Gasteiger partial charge in [-0.1, -0.05) is 0 Å². The number of halogens is 1. The van der Waals surface area contributed by atoms with E-state index in [4.69, 9.17) is 11.0 Å². The molecular weight excluding hydrogens is 268 g/mol. The lowest BCUT2D eigenvalue weighted by Gasteiger charge is -2.08. The van der Waals surface area contributed by atoms with Crippen LogP contribution >= 0.6 is 15.9 Å². The lowest BCUT2D eigenvalue weighted by atomic mass is 10.1. The van der Waals surface area contributed by atoms with Gasteiger partial charge in [0.2, 0.25) is 0 Å². The van der Waals surface area contributed by atoms with Crippen LogP contribution < -0.4 is 5.73 Å². The minimum absolute atomic E-state index is 0.208. The summed E-state index contributed by atoms with van der Waals surface area (Å²) in [5.41, 5.74) is 8.53. The van der Waals surface area contributed by atoms with Gasteiger partial charge in [0.15, 0.2) is 0 Å². The van der Waals surface area contributed by atoms with E-state index in [1.54, 1.807) is 0 Å². The van der Waals surface area contributed by atoms with Crippen molar-refractivity contribution in [2.24, 2.45) is 0 Å². The molecule has 0 aliphatic heterocycles. The van der Waals surface area contributed by atoms with E-state index in [1.165, 1.54) is 0 Å². The van der Waals surface area contributed by atoms with E-state index in [1.807, 2.05) is 26.0 Å². The fourth-order valence-electron chi connectivity index (χ4n) is 1.73. The zero-order valence-electron chi connectivity index (χ0n) is 8.87. The third-order valence-electron chi connectivity index (χ3n) is 2.37. The summed E-state index contributed by atoms with van der Waals surface area (Å²) in [5.74, 6) is 0.208. The number of hydrogen-bond acceptors (Lipinski definition) is 4. The van der Waals surface area contributed by atoms with Gasteiger partial charge in [-0.2, -0.15) is 5.26 Å². The number of nitrogens with two attached hydrogens (primary N) is 1. The van der Waals surface area contributed by atoms with Gasteiger partial charge in [-0.25, -0.2) is 4.98 Å². The van der Waals surface area contributed by atoms with E-state index in [0.29, 0.717) is 15.7 Å².